The van der Waals surface area contributed by atoms with Crippen LogP contribution in [0.3, 0.4) is 0 Å². The topological polar surface area (TPSA) is 6.48 Å². The second kappa shape index (κ2) is 4.02. The highest BCUT2D eigenvalue weighted by atomic mass is 19.1. The normalized spacial score (nSPS) is 22.9. The highest BCUT2D eigenvalue weighted by Crippen LogP contribution is 2.13. The molecule has 2 nitrogen and oxygen atoms in total. The fourth-order valence-electron chi connectivity index (χ4n) is 1.53. The molecule has 0 spiro atoms. The molecule has 0 saturated carbocycles. The fraction of sp³-hybridized carbons (Fsp3) is 1.00. The summed E-state index contributed by atoms with van der Waals surface area (Å²) in [4.78, 5) is 4.09. The van der Waals surface area contributed by atoms with E-state index >= 15 is 0 Å². The third-order valence-electron chi connectivity index (χ3n) is 2.50. The molecule has 0 radical (unpaired) electrons. The molecule has 0 atom stereocenters. The lowest BCUT2D eigenvalue weighted by molar-refractivity contribution is 0.106. The van der Waals surface area contributed by atoms with Gasteiger partial charge >= 0.3 is 0 Å². The Bertz CT molecular complexity index is 111. The second-order valence-corrected chi connectivity index (χ2v) is 3.41. The van der Waals surface area contributed by atoms with Crippen molar-refractivity contribution < 1.29 is 4.39 Å². The Balaban J connectivity index is 2.27. The monoisotopic (exact) mass is 160 g/mol. The molecular formula is C8H17FN2. The highest BCUT2D eigenvalue weighted by Gasteiger charge is 2.19. The third-order valence-corrected chi connectivity index (χ3v) is 2.50. The van der Waals surface area contributed by atoms with Crippen molar-refractivity contribution in [2.45, 2.75) is 18.9 Å². The average Bonchev–Trinajstić information content (AvgIpc) is 2.05. The van der Waals surface area contributed by atoms with Gasteiger partial charge in [-0.25, -0.2) is 4.39 Å². The SMILES string of the molecule is CN1CCC(N(C)CF)CC1. The minimum Gasteiger partial charge on any atom is -0.306 e. The van der Waals surface area contributed by atoms with E-state index in [1.807, 2.05) is 7.05 Å². The van der Waals surface area contributed by atoms with Crippen molar-refractivity contribution in [2.75, 3.05) is 34.0 Å². The van der Waals surface area contributed by atoms with Crippen LogP contribution in [0.5, 0.6) is 0 Å². The molecule has 66 valence electrons. The minimum atomic E-state index is -0.311. The van der Waals surface area contributed by atoms with Crippen LogP contribution in [0.4, 0.5) is 4.39 Å². The molecular weight excluding hydrogens is 143 g/mol. The fourth-order valence-corrected chi connectivity index (χ4v) is 1.53. The summed E-state index contributed by atoms with van der Waals surface area (Å²) in [5, 5.41) is 0. The molecule has 0 aliphatic carbocycles. The molecule has 1 fully saturated rings. The number of alkyl halides is 1. The van der Waals surface area contributed by atoms with Gasteiger partial charge in [0.15, 0.2) is 0 Å². The number of halogens is 1. The molecule has 3 heteroatoms. The van der Waals surface area contributed by atoms with Gasteiger partial charge in [0, 0.05) is 6.04 Å². The van der Waals surface area contributed by atoms with Gasteiger partial charge in [0.1, 0.15) is 6.80 Å². The van der Waals surface area contributed by atoms with Gasteiger partial charge in [-0.2, -0.15) is 0 Å². The van der Waals surface area contributed by atoms with E-state index in [-0.39, 0.29) is 6.80 Å². The summed E-state index contributed by atoms with van der Waals surface area (Å²) in [7, 11) is 3.97. The Morgan fingerprint density at radius 3 is 2.45 bits per heavy atom. The lowest BCUT2D eigenvalue weighted by Gasteiger charge is -2.33. The molecule has 1 rings (SSSR count). The highest BCUT2D eigenvalue weighted by molar-refractivity contribution is 4.75. The van der Waals surface area contributed by atoms with Gasteiger partial charge < -0.3 is 4.90 Å². The molecule has 0 aromatic carbocycles. The number of hydrogen-bond acceptors (Lipinski definition) is 2. The van der Waals surface area contributed by atoms with Crippen LogP contribution in [0.2, 0.25) is 0 Å². The van der Waals surface area contributed by atoms with Crippen molar-refractivity contribution in [1.29, 1.82) is 0 Å². The van der Waals surface area contributed by atoms with Crippen LogP contribution in [0.15, 0.2) is 0 Å². The summed E-state index contributed by atoms with van der Waals surface area (Å²) in [6, 6.07) is 0.469. The van der Waals surface area contributed by atoms with Crippen molar-refractivity contribution in [3.05, 3.63) is 0 Å². The summed E-state index contributed by atoms with van der Waals surface area (Å²) >= 11 is 0. The smallest absolute Gasteiger partial charge is 0.142 e. The van der Waals surface area contributed by atoms with Crippen molar-refractivity contribution in [2.24, 2.45) is 0 Å². The predicted molar refractivity (Wildman–Crippen MR) is 44.3 cm³/mol. The maximum atomic E-state index is 12.2. The summed E-state index contributed by atoms with van der Waals surface area (Å²) < 4.78 is 12.2. The quantitative estimate of drug-likeness (QED) is 0.555. The zero-order valence-corrected chi connectivity index (χ0v) is 7.39. The number of hydrogen-bond donors (Lipinski definition) is 0. The first-order valence-corrected chi connectivity index (χ1v) is 4.19. The van der Waals surface area contributed by atoms with Gasteiger partial charge in [-0.05, 0) is 40.0 Å². The van der Waals surface area contributed by atoms with Crippen LogP contribution in [0, 0.1) is 0 Å². The van der Waals surface area contributed by atoms with Gasteiger partial charge in [0.05, 0.1) is 0 Å². The number of likely N-dealkylation sites (tertiary alicyclic amines) is 1. The molecule has 1 aliphatic heterocycles. The molecule has 0 amide bonds. The van der Waals surface area contributed by atoms with Crippen LogP contribution in [-0.4, -0.2) is 49.8 Å². The van der Waals surface area contributed by atoms with Crippen molar-refractivity contribution >= 4 is 0 Å². The number of rotatable bonds is 2. The lowest BCUT2D eigenvalue weighted by Crippen LogP contribution is -2.41. The molecule has 11 heavy (non-hydrogen) atoms. The van der Waals surface area contributed by atoms with Crippen molar-refractivity contribution in [3.8, 4) is 0 Å². The maximum absolute atomic E-state index is 12.2. The van der Waals surface area contributed by atoms with Crippen LogP contribution in [0.25, 0.3) is 0 Å². The van der Waals surface area contributed by atoms with Crippen LogP contribution in [-0.2, 0) is 0 Å². The molecule has 0 unspecified atom stereocenters. The van der Waals surface area contributed by atoms with E-state index in [2.05, 4.69) is 11.9 Å². The molecule has 0 N–H and O–H groups in total. The molecule has 0 aromatic heterocycles. The Kier molecular flexibility index (Phi) is 3.27. The standard InChI is InChI=1S/C8H17FN2/c1-10-5-3-8(4-6-10)11(2)7-9/h8H,3-7H2,1-2H3. The van der Waals surface area contributed by atoms with E-state index in [0.717, 1.165) is 25.9 Å². The molecule has 0 aromatic rings. The van der Waals surface area contributed by atoms with Gasteiger partial charge in [-0.1, -0.05) is 0 Å². The third kappa shape index (κ3) is 2.42. The van der Waals surface area contributed by atoms with Crippen LogP contribution >= 0.6 is 0 Å². The number of piperidine rings is 1. The van der Waals surface area contributed by atoms with E-state index in [4.69, 9.17) is 0 Å². The number of nitrogens with zero attached hydrogens (tertiary/aromatic N) is 2. The van der Waals surface area contributed by atoms with Gasteiger partial charge in [0.25, 0.3) is 0 Å². The summed E-state index contributed by atoms with van der Waals surface area (Å²) in [6.45, 7) is 1.90. The first-order valence-electron chi connectivity index (χ1n) is 4.19. The minimum absolute atomic E-state index is 0.311. The summed E-state index contributed by atoms with van der Waals surface area (Å²) in [5.74, 6) is 0. The molecule has 0 bridgehead atoms. The van der Waals surface area contributed by atoms with Crippen molar-refractivity contribution in [3.63, 3.8) is 0 Å². The predicted octanol–water partition coefficient (Wildman–Crippen LogP) is 0.939. The Morgan fingerprint density at radius 1 is 1.45 bits per heavy atom. The zero-order valence-electron chi connectivity index (χ0n) is 7.39. The van der Waals surface area contributed by atoms with Gasteiger partial charge in [-0.15, -0.1) is 0 Å². The van der Waals surface area contributed by atoms with Crippen LogP contribution in [0.1, 0.15) is 12.8 Å². The van der Waals surface area contributed by atoms with Crippen LogP contribution < -0.4 is 0 Å². The van der Waals surface area contributed by atoms with E-state index < -0.39 is 0 Å². The van der Waals surface area contributed by atoms with Gasteiger partial charge in [-0.3, -0.25) is 4.90 Å². The average molecular weight is 160 g/mol. The zero-order chi connectivity index (χ0) is 8.27. The molecule has 1 heterocycles. The molecule has 1 aliphatic rings. The Hall–Kier alpha value is -0.150. The van der Waals surface area contributed by atoms with E-state index in [1.165, 1.54) is 0 Å². The second-order valence-electron chi connectivity index (χ2n) is 3.41. The van der Waals surface area contributed by atoms with E-state index in [1.54, 1.807) is 4.90 Å². The van der Waals surface area contributed by atoms with E-state index in [0.29, 0.717) is 6.04 Å². The van der Waals surface area contributed by atoms with Gasteiger partial charge in [0.2, 0.25) is 0 Å². The largest absolute Gasteiger partial charge is 0.306 e. The lowest BCUT2D eigenvalue weighted by atomic mass is 10.1. The molecule has 1 saturated heterocycles. The Labute approximate surface area is 68.0 Å². The first-order chi connectivity index (χ1) is 5.24. The summed E-state index contributed by atoms with van der Waals surface area (Å²) in [5.41, 5.74) is 0. The maximum Gasteiger partial charge on any atom is 0.142 e. The first kappa shape index (κ1) is 8.94. The summed E-state index contributed by atoms with van der Waals surface area (Å²) in [6.07, 6.45) is 2.22. The van der Waals surface area contributed by atoms with E-state index in [9.17, 15) is 4.39 Å². The Morgan fingerprint density at radius 2 is 2.00 bits per heavy atom. The van der Waals surface area contributed by atoms with Crippen molar-refractivity contribution in [1.82, 2.24) is 9.80 Å².